The second-order valence-electron chi connectivity index (χ2n) is 2.89. The van der Waals surface area contributed by atoms with Crippen molar-refractivity contribution in [3.63, 3.8) is 0 Å². The fraction of sp³-hybridized carbons (Fsp3) is 0.667. The molecule has 1 aliphatic rings. The molecule has 1 saturated heterocycles. The molecule has 1 rings (SSSR count). The van der Waals surface area contributed by atoms with Crippen LogP contribution in [0.25, 0.3) is 0 Å². The molecule has 11 heteroatoms. The van der Waals surface area contributed by atoms with Crippen molar-refractivity contribution in [2.45, 2.75) is 23.5 Å². The molecule has 1 unspecified atom stereocenters. The maximum atomic E-state index is 12.8. The van der Waals surface area contributed by atoms with E-state index in [9.17, 15) is 43.9 Å². The fourth-order valence-corrected chi connectivity index (χ4v) is 1.83. The Kier molecular flexibility index (Phi) is 2.93. The zero-order valence-corrected chi connectivity index (χ0v) is 8.00. The Morgan fingerprint density at radius 1 is 0.824 bits per heavy atom. The van der Waals surface area contributed by atoms with Gasteiger partial charge in [0.2, 0.25) is 0 Å². The van der Waals surface area contributed by atoms with Crippen LogP contribution < -0.4 is 0 Å². The van der Waals surface area contributed by atoms with E-state index in [4.69, 9.17) is 0 Å². The summed E-state index contributed by atoms with van der Waals surface area (Å²) in [6.45, 7) is 0. The van der Waals surface area contributed by atoms with E-state index in [1.165, 1.54) is 0 Å². The van der Waals surface area contributed by atoms with Crippen molar-refractivity contribution in [2.24, 2.45) is 0 Å². The third-order valence-electron chi connectivity index (χ3n) is 1.65. The van der Waals surface area contributed by atoms with Crippen molar-refractivity contribution in [1.29, 1.82) is 0 Å². The SMILES string of the molecule is FC(F)(F)C(=C1SC1(F)C(F)(F)F)C(F)(F)F. The van der Waals surface area contributed by atoms with Gasteiger partial charge >= 0.3 is 18.5 Å². The lowest BCUT2D eigenvalue weighted by Gasteiger charge is -2.15. The van der Waals surface area contributed by atoms with Crippen molar-refractivity contribution in [1.82, 2.24) is 0 Å². The maximum absolute atomic E-state index is 12.8. The van der Waals surface area contributed by atoms with Gasteiger partial charge < -0.3 is 0 Å². The van der Waals surface area contributed by atoms with Gasteiger partial charge in [-0.1, -0.05) is 11.8 Å². The van der Waals surface area contributed by atoms with Gasteiger partial charge in [-0.25, -0.2) is 4.39 Å². The number of thioether (sulfide) groups is 1. The van der Waals surface area contributed by atoms with Crippen molar-refractivity contribution >= 4 is 11.8 Å². The molecular weight excluding hydrogens is 294 g/mol. The third kappa shape index (κ3) is 2.47. The van der Waals surface area contributed by atoms with E-state index in [2.05, 4.69) is 0 Å². The van der Waals surface area contributed by atoms with Gasteiger partial charge in [-0.3, -0.25) is 0 Å². The van der Waals surface area contributed by atoms with E-state index >= 15 is 0 Å². The van der Waals surface area contributed by atoms with Crippen LogP contribution in [0, 0.1) is 0 Å². The van der Waals surface area contributed by atoms with E-state index < -0.39 is 45.8 Å². The van der Waals surface area contributed by atoms with Gasteiger partial charge in [0.1, 0.15) is 0 Å². The average molecular weight is 294 g/mol. The van der Waals surface area contributed by atoms with Gasteiger partial charge in [-0.15, -0.1) is 0 Å². The summed E-state index contributed by atoms with van der Waals surface area (Å²) in [6, 6.07) is 0. The number of hydrogen-bond acceptors (Lipinski definition) is 1. The summed E-state index contributed by atoms with van der Waals surface area (Å²) in [4.78, 5) is -2.40. The van der Waals surface area contributed by atoms with Crippen LogP contribution in [0.4, 0.5) is 43.9 Å². The molecule has 1 fully saturated rings. The first kappa shape index (κ1) is 14.5. The highest BCUT2D eigenvalue weighted by Crippen LogP contribution is 2.70. The summed E-state index contributed by atoms with van der Waals surface area (Å²) in [5.74, 6) is 0. The Bertz CT molecular complexity index is 340. The van der Waals surface area contributed by atoms with Crippen molar-refractivity contribution in [2.75, 3.05) is 0 Å². The zero-order valence-electron chi connectivity index (χ0n) is 7.19. The second kappa shape index (κ2) is 3.45. The lowest BCUT2D eigenvalue weighted by Crippen LogP contribution is -2.31. The highest BCUT2D eigenvalue weighted by molar-refractivity contribution is 8.12. The molecule has 1 aliphatic heterocycles. The maximum Gasteiger partial charge on any atom is 0.437 e. The van der Waals surface area contributed by atoms with E-state index in [-0.39, 0.29) is 0 Å². The molecule has 0 radical (unpaired) electrons. The van der Waals surface area contributed by atoms with Gasteiger partial charge in [-0.2, -0.15) is 39.5 Å². The molecule has 0 aromatic heterocycles. The van der Waals surface area contributed by atoms with Crippen LogP contribution >= 0.6 is 11.8 Å². The van der Waals surface area contributed by atoms with Crippen LogP contribution in [-0.2, 0) is 0 Å². The lowest BCUT2D eigenvalue weighted by molar-refractivity contribution is -0.183. The smallest absolute Gasteiger partial charge is 0.215 e. The molecule has 100 valence electrons. The molecule has 0 amide bonds. The predicted octanol–water partition coefficient (Wildman–Crippen LogP) is 4.34. The molecule has 0 bridgehead atoms. The van der Waals surface area contributed by atoms with Gasteiger partial charge in [0.15, 0.2) is 5.57 Å². The summed E-state index contributed by atoms with van der Waals surface area (Å²) < 4.78 is 120. The molecule has 0 aromatic carbocycles. The summed E-state index contributed by atoms with van der Waals surface area (Å²) in [6.07, 6.45) is -18.0. The normalized spacial score (nSPS) is 26.1. The lowest BCUT2D eigenvalue weighted by atomic mass is 10.2. The summed E-state index contributed by atoms with van der Waals surface area (Å²) in [5, 5.41) is -4.60. The van der Waals surface area contributed by atoms with Gasteiger partial charge in [-0.05, 0) is 0 Å². The monoisotopic (exact) mass is 294 g/mol. The van der Waals surface area contributed by atoms with Crippen molar-refractivity contribution in [3.8, 4) is 0 Å². The predicted molar refractivity (Wildman–Crippen MR) is 36.6 cm³/mol. The van der Waals surface area contributed by atoms with Crippen LogP contribution in [0.5, 0.6) is 0 Å². The Balaban J connectivity index is 3.30. The molecule has 0 nitrogen and oxygen atoms in total. The Labute approximate surface area is 90.6 Å². The van der Waals surface area contributed by atoms with E-state index in [1.54, 1.807) is 0 Å². The fourth-order valence-electron chi connectivity index (χ4n) is 0.932. The first-order valence-electron chi connectivity index (χ1n) is 3.55. The molecule has 17 heavy (non-hydrogen) atoms. The van der Waals surface area contributed by atoms with Crippen LogP contribution in [0.2, 0.25) is 0 Å². The van der Waals surface area contributed by atoms with Crippen LogP contribution in [0.3, 0.4) is 0 Å². The average Bonchev–Trinajstić information content (AvgIpc) is 2.54. The quantitative estimate of drug-likeness (QED) is 0.473. The summed E-state index contributed by atoms with van der Waals surface area (Å²) in [7, 11) is 0. The summed E-state index contributed by atoms with van der Waals surface area (Å²) in [5.41, 5.74) is -3.45. The van der Waals surface area contributed by atoms with E-state index in [0.717, 1.165) is 0 Å². The number of hydrogen-bond donors (Lipinski definition) is 0. The van der Waals surface area contributed by atoms with Gasteiger partial charge in [0.05, 0.1) is 4.91 Å². The third-order valence-corrected chi connectivity index (χ3v) is 2.85. The highest BCUT2D eigenvalue weighted by Gasteiger charge is 2.76. The Morgan fingerprint density at radius 2 is 1.18 bits per heavy atom. The van der Waals surface area contributed by atoms with Gasteiger partial charge in [0, 0.05) is 0 Å². The zero-order chi connectivity index (χ0) is 13.9. The standard InChI is InChI=1S/C6F10S/c7-3(6(14,15)16)2(17-3)1(4(8,9)10)5(11,12)13. The molecule has 1 heterocycles. The minimum Gasteiger partial charge on any atom is -0.215 e. The van der Waals surface area contributed by atoms with Crippen molar-refractivity contribution in [3.05, 3.63) is 10.5 Å². The van der Waals surface area contributed by atoms with Crippen molar-refractivity contribution < 1.29 is 43.9 Å². The Morgan fingerprint density at radius 3 is 1.35 bits per heavy atom. The second-order valence-corrected chi connectivity index (χ2v) is 4.07. The van der Waals surface area contributed by atoms with Crippen LogP contribution in [0.1, 0.15) is 0 Å². The molecule has 0 aromatic rings. The molecule has 0 N–H and O–H groups in total. The minimum atomic E-state index is -6.10. The number of halogens is 10. The number of alkyl halides is 10. The first-order chi connectivity index (χ1) is 7.21. The van der Waals surface area contributed by atoms with E-state index in [1.807, 2.05) is 0 Å². The molecular formula is C6F10S. The summed E-state index contributed by atoms with van der Waals surface area (Å²) >= 11 is -1.14. The molecule has 0 spiro atoms. The largest absolute Gasteiger partial charge is 0.437 e. The number of allylic oxidation sites excluding steroid dienone is 1. The minimum absolute atomic E-state index is 1.14. The van der Waals surface area contributed by atoms with Crippen LogP contribution in [-0.4, -0.2) is 23.5 Å². The molecule has 0 aliphatic carbocycles. The molecule has 0 saturated carbocycles. The first-order valence-corrected chi connectivity index (χ1v) is 4.36. The van der Waals surface area contributed by atoms with Gasteiger partial charge in [0.25, 0.3) is 5.00 Å². The van der Waals surface area contributed by atoms with E-state index in [0.29, 0.717) is 0 Å². The Hall–Kier alpha value is -0.610. The van der Waals surface area contributed by atoms with Crippen LogP contribution in [0.15, 0.2) is 10.5 Å². The number of rotatable bonds is 0. The highest BCUT2D eigenvalue weighted by atomic mass is 32.2. The molecule has 1 atom stereocenters. The topological polar surface area (TPSA) is 0 Å².